The van der Waals surface area contributed by atoms with Gasteiger partial charge in [0, 0.05) is 12.9 Å². The van der Waals surface area contributed by atoms with Crippen molar-refractivity contribution in [2.45, 2.75) is 31.8 Å². The van der Waals surface area contributed by atoms with Crippen LogP contribution >= 0.6 is 11.8 Å². The highest BCUT2D eigenvalue weighted by Crippen LogP contribution is 2.28. The Labute approximate surface area is 103 Å². The van der Waals surface area contributed by atoms with Crippen molar-refractivity contribution in [3.63, 3.8) is 0 Å². The van der Waals surface area contributed by atoms with Crippen molar-refractivity contribution in [2.75, 3.05) is 38.4 Å². The standard InChI is InChI=1S/C12H24O3S/c1-14-12-4-2-11(3-5-12)10-16-9-8-15-7-6-13/h11-13H,2-10H2,1H3. The summed E-state index contributed by atoms with van der Waals surface area (Å²) in [4.78, 5) is 0. The van der Waals surface area contributed by atoms with E-state index in [4.69, 9.17) is 14.6 Å². The summed E-state index contributed by atoms with van der Waals surface area (Å²) in [5.74, 6) is 3.16. The molecule has 1 fully saturated rings. The summed E-state index contributed by atoms with van der Waals surface area (Å²) in [6, 6.07) is 0. The smallest absolute Gasteiger partial charge is 0.0698 e. The van der Waals surface area contributed by atoms with Crippen molar-refractivity contribution in [3.05, 3.63) is 0 Å². The molecule has 1 aliphatic carbocycles. The Balaban J connectivity index is 1.90. The van der Waals surface area contributed by atoms with Crippen LogP contribution in [0.2, 0.25) is 0 Å². The topological polar surface area (TPSA) is 38.7 Å². The number of aliphatic hydroxyl groups excluding tert-OH is 1. The van der Waals surface area contributed by atoms with E-state index < -0.39 is 0 Å². The zero-order valence-corrected chi connectivity index (χ0v) is 11.0. The molecule has 1 aliphatic rings. The van der Waals surface area contributed by atoms with Gasteiger partial charge in [-0.2, -0.15) is 11.8 Å². The van der Waals surface area contributed by atoms with Crippen LogP contribution in [0.25, 0.3) is 0 Å². The van der Waals surface area contributed by atoms with Crippen LogP contribution in [-0.4, -0.2) is 49.6 Å². The molecule has 16 heavy (non-hydrogen) atoms. The quantitative estimate of drug-likeness (QED) is 0.666. The van der Waals surface area contributed by atoms with Gasteiger partial charge >= 0.3 is 0 Å². The minimum atomic E-state index is 0.131. The first kappa shape index (κ1) is 14.3. The van der Waals surface area contributed by atoms with Crippen molar-refractivity contribution in [1.82, 2.24) is 0 Å². The SMILES string of the molecule is COC1CCC(CSCCOCCO)CC1. The van der Waals surface area contributed by atoms with Gasteiger partial charge in [-0.05, 0) is 37.4 Å². The van der Waals surface area contributed by atoms with Crippen molar-refractivity contribution in [1.29, 1.82) is 0 Å². The Morgan fingerprint density at radius 1 is 1.19 bits per heavy atom. The average Bonchev–Trinajstić information content (AvgIpc) is 2.34. The van der Waals surface area contributed by atoms with Crippen molar-refractivity contribution in [3.8, 4) is 0 Å². The van der Waals surface area contributed by atoms with Gasteiger partial charge in [-0.15, -0.1) is 0 Å². The van der Waals surface area contributed by atoms with Gasteiger partial charge in [0.1, 0.15) is 0 Å². The zero-order valence-electron chi connectivity index (χ0n) is 10.2. The maximum atomic E-state index is 8.53. The summed E-state index contributed by atoms with van der Waals surface area (Å²) in [7, 11) is 1.82. The second-order valence-corrected chi connectivity index (χ2v) is 5.44. The lowest BCUT2D eigenvalue weighted by atomic mass is 9.89. The van der Waals surface area contributed by atoms with E-state index in [0.29, 0.717) is 12.7 Å². The number of hydrogen-bond acceptors (Lipinski definition) is 4. The highest BCUT2D eigenvalue weighted by Gasteiger charge is 2.20. The molecule has 0 unspecified atom stereocenters. The van der Waals surface area contributed by atoms with Crippen LogP contribution in [0.4, 0.5) is 0 Å². The summed E-state index contributed by atoms with van der Waals surface area (Å²) in [6.07, 6.45) is 5.58. The van der Waals surface area contributed by atoms with E-state index in [2.05, 4.69) is 0 Å². The second-order valence-electron chi connectivity index (χ2n) is 4.29. The maximum Gasteiger partial charge on any atom is 0.0698 e. The van der Waals surface area contributed by atoms with E-state index in [1.807, 2.05) is 18.9 Å². The molecule has 1 N–H and O–H groups in total. The highest BCUT2D eigenvalue weighted by atomic mass is 32.2. The first-order chi connectivity index (χ1) is 7.86. The molecule has 0 bridgehead atoms. The Hall–Kier alpha value is 0.230. The number of aliphatic hydroxyl groups is 1. The van der Waals surface area contributed by atoms with E-state index in [-0.39, 0.29) is 6.61 Å². The molecular formula is C12H24O3S. The van der Waals surface area contributed by atoms with Crippen molar-refractivity contribution in [2.24, 2.45) is 5.92 Å². The summed E-state index contributed by atoms with van der Waals surface area (Å²) in [6.45, 7) is 1.36. The molecule has 96 valence electrons. The van der Waals surface area contributed by atoms with Crippen LogP contribution in [0.3, 0.4) is 0 Å². The van der Waals surface area contributed by atoms with Gasteiger partial charge in [0.25, 0.3) is 0 Å². The third kappa shape index (κ3) is 6.09. The minimum absolute atomic E-state index is 0.131. The van der Waals surface area contributed by atoms with Crippen molar-refractivity contribution < 1.29 is 14.6 Å². The summed E-state index contributed by atoms with van der Waals surface area (Å²) < 4.78 is 10.6. The van der Waals surface area contributed by atoms with Crippen LogP contribution < -0.4 is 0 Å². The third-order valence-electron chi connectivity index (χ3n) is 3.09. The fourth-order valence-electron chi connectivity index (χ4n) is 2.07. The van der Waals surface area contributed by atoms with Gasteiger partial charge in [-0.1, -0.05) is 0 Å². The number of thioether (sulfide) groups is 1. The maximum absolute atomic E-state index is 8.53. The largest absolute Gasteiger partial charge is 0.394 e. The predicted molar refractivity (Wildman–Crippen MR) is 68.0 cm³/mol. The van der Waals surface area contributed by atoms with Gasteiger partial charge in [0.15, 0.2) is 0 Å². The molecule has 0 aromatic carbocycles. The number of rotatable bonds is 8. The van der Waals surface area contributed by atoms with Crippen LogP contribution in [0.15, 0.2) is 0 Å². The molecule has 0 saturated heterocycles. The van der Waals surface area contributed by atoms with Gasteiger partial charge in [-0.3, -0.25) is 0 Å². The number of ether oxygens (including phenoxy) is 2. The second kappa shape index (κ2) is 9.28. The van der Waals surface area contributed by atoms with E-state index in [1.54, 1.807) is 0 Å². The first-order valence-corrected chi connectivity index (χ1v) is 7.31. The molecule has 0 heterocycles. The molecule has 3 nitrogen and oxygen atoms in total. The number of methoxy groups -OCH3 is 1. The monoisotopic (exact) mass is 248 g/mol. The summed E-state index contributed by atoms with van der Waals surface area (Å²) >= 11 is 1.97. The molecule has 0 radical (unpaired) electrons. The molecule has 0 aromatic rings. The third-order valence-corrected chi connectivity index (χ3v) is 4.25. The average molecular weight is 248 g/mol. The van der Waals surface area contributed by atoms with Crippen LogP contribution in [0.5, 0.6) is 0 Å². The lowest BCUT2D eigenvalue weighted by Crippen LogP contribution is -2.21. The molecule has 0 aromatic heterocycles. The fourth-order valence-corrected chi connectivity index (χ4v) is 3.14. The molecule has 4 heteroatoms. The Kier molecular flexibility index (Phi) is 8.29. The van der Waals surface area contributed by atoms with Gasteiger partial charge in [0.2, 0.25) is 0 Å². The fraction of sp³-hybridized carbons (Fsp3) is 1.00. The molecule has 1 rings (SSSR count). The van der Waals surface area contributed by atoms with E-state index in [1.165, 1.54) is 31.4 Å². The van der Waals surface area contributed by atoms with Crippen LogP contribution in [0.1, 0.15) is 25.7 Å². The Morgan fingerprint density at radius 3 is 2.56 bits per heavy atom. The van der Waals surface area contributed by atoms with Gasteiger partial charge in [-0.25, -0.2) is 0 Å². The zero-order chi connectivity index (χ0) is 11.6. The molecule has 0 atom stereocenters. The van der Waals surface area contributed by atoms with Crippen LogP contribution in [0, 0.1) is 5.92 Å². The molecular weight excluding hydrogens is 224 g/mol. The highest BCUT2D eigenvalue weighted by molar-refractivity contribution is 7.99. The minimum Gasteiger partial charge on any atom is -0.394 e. The molecule has 0 amide bonds. The van der Waals surface area contributed by atoms with Gasteiger partial charge in [0.05, 0.1) is 25.9 Å². The lowest BCUT2D eigenvalue weighted by molar-refractivity contribution is 0.0599. The van der Waals surface area contributed by atoms with Crippen LogP contribution in [-0.2, 0) is 9.47 Å². The van der Waals surface area contributed by atoms with E-state index in [0.717, 1.165) is 18.3 Å². The molecule has 0 aliphatic heterocycles. The van der Waals surface area contributed by atoms with Crippen molar-refractivity contribution >= 4 is 11.8 Å². The predicted octanol–water partition coefficient (Wildman–Crippen LogP) is 1.93. The normalized spacial score (nSPS) is 25.9. The Morgan fingerprint density at radius 2 is 1.94 bits per heavy atom. The summed E-state index contributed by atoms with van der Waals surface area (Å²) in [5, 5.41) is 8.53. The molecule has 0 spiro atoms. The van der Waals surface area contributed by atoms with E-state index in [9.17, 15) is 0 Å². The summed E-state index contributed by atoms with van der Waals surface area (Å²) in [5.41, 5.74) is 0. The lowest BCUT2D eigenvalue weighted by Gasteiger charge is -2.27. The molecule has 1 saturated carbocycles. The first-order valence-electron chi connectivity index (χ1n) is 6.16. The van der Waals surface area contributed by atoms with Gasteiger partial charge < -0.3 is 14.6 Å². The van der Waals surface area contributed by atoms with E-state index >= 15 is 0 Å². The number of hydrogen-bond donors (Lipinski definition) is 1. The Bertz CT molecular complexity index is 158.